The maximum Gasteiger partial charge on any atom is 0.306 e. The van der Waals surface area contributed by atoms with Gasteiger partial charge in [0.15, 0.2) is 0 Å². The Morgan fingerprint density at radius 2 is 2.12 bits per heavy atom. The van der Waals surface area contributed by atoms with E-state index >= 15 is 0 Å². The molecule has 0 aromatic heterocycles. The molecule has 0 saturated heterocycles. The van der Waals surface area contributed by atoms with Crippen LogP contribution in [0.25, 0.3) is 0 Å². The molecular weight excluding hydrogens is 268 g/mol. The molecule has 0 bridgehead atoms. The van der Waals surface area contributed by atoms with Crippen LogP contribution in [0.4, 0.5) is 0 Å². The number of ether oxygens (including phenoxy) is 1. The molecule has 0 saturated carbocycles. The summed E-state index contributed by atoms with van der Waals surface area (Å²) in [7, 11) is 0. The van der Waals surface area contributed by atoms with Crippen LogP contribution in [0.1, 0.15) is 52.4 Å². The molecule has 2 nitrogen and oxygen atoms in total. The van der Waals surface area contributed by atoms with E-state index < -0.39 is 0 Å². The summed E-state index contributed by atoms with van der Waals surface area (Å²) in [4.78, 5) is 11.3. The number of carbonyl (C=O) groups excluding carboxylic acids is 1. The maximum atomic E-state index is 11.3. The highest BCUT2D eigenvalue weighted by Gasteiger charge is 2.05. The lowest BCUT2D eigenvalue weighted by atomic mass is 10.2. The second-order valence-electron chi connectivity index (χ2n) is 3.91. The first-order valence-electron chi connectivity index (χ1n) is 6.12. The Balaban J connectivity index is 3.57. The summed E-state index contributed by atoms with van der Waals surface area (Å²) in [6, 6.07) is 0. The molecule has 1 unspecified atom stereocenters. The standard InChI is InChI=1S/C13H23BrO2/c1-3-4-5-6-9-12(2)16-13(15)10-7-8-11-14/h6,9,12H,3-5,7-8,10-11H2,1-2H3/b9-6+. The second-order valence-corrected chi connectivity index (χ2v) is 4.70. The third kappa shape index (κ3) is 10.2. The van der Waals surface area contributed by atoms with E-state index in [-0.39, 0.29) is 12.1 Å². The molecule has 0 aliphatic rings. The van der Waals surface area contributed by atoms with Gasteiger partial charge in [-0.25, -0.2) is 0 Å². The van der Waals surface area contributed by atoms with Crippen molar-refractivity contribution in [3.05, 3.63) is 12.2 Å². The Labute approximate surface area is 108 Å². The van der Waals surface area contributed by atoms with E-state index in [0.29, 0.717) is 6.42 Å². The molecule has 0 heterocycles. The van der Waals surface area contributed by atoms with Gasteiger partial charge in [0.1, 0.15) is 6.10 Å². The average Bonchev–Trinajstić information content (AvgIpc) is 2.25. The zero-order valence-corrected chi connectivity index (χ0v) is 12.0. The number of allylic oxidation sites excluding steroid dienone is 1. The highest BCUT2D eigenvalue weighted by atomic mass is 79.9. The van der Waals surface area contributed by atoms with Crippen LogP contribution in [-0.4, -0.2) is 17.4 Å². The molecular formula is C13H23BrO2. The Morgan fingerprint density at radius 3 is 2.75 bits per heavy atom. The fourth-order valence-corrected chi connectivity index (χ4v) is 1.68. The van der Waals surface area contributed by atoms with Gasteiger partial charge >= 0.3 is 5.97 Å². The van der Waals surface area contributed by atoms with Gasteiger partial charge in [0, 0.05) is 11.8 Å². The zero-order chi connectivity index (χ0) is 12.2. The van der Waals surface area contributed by atoms with E-state index in [1.807, 2.05) is 13.0 Å². The maximum absolute atomic E-state index is 11.3. The normalized spacial score (nSPS) is 12.9. The number of halogens is 1. The van der Waals surface area contributed by atoms with Gasteiger partial charge in [0.05, 0.1) is 0 Å². The van der Waals surface area contributed by atoms with Gasteiger partial charge in [0.2, 0.25) is 0 Å². The summed E-state index contributed by atoms with van der Waals surface area (Å²) >= 11 is 3.34. The molecule has 1 atom stereocenters. The lowest BCUT2D eigenvalue weighted by Gasteiger charge is -2.08. The van der Waals surface area contributed by atoms with Crippen LogP contribution in [0.5, 0.6) is 0 Å². The number of hydrogen-bond donors (Lipinski definition) is 0. The molecule has 0 radical (unpaired) electrons. The molecule has 0 N–H and O–H groups in total. The molecule has 0 spiro atoms. The largest absolute Gasteiger partial charge is 0.458 e. The van der Waals surface area contributed by atoms with Gasteiger partial charge in [-0.05, 0) is 32.3 Å². The first kappa shape index (κ1) is 15.7. The summed E-state index contributed by atoms with van der Waals surface area (Å²) in [5.74, 6) is -0.0893. The first-order valence-corrected chi connectivity index (χ1v) is 7.25. The quantitative estimate of drug-likeness (QED) is 0.275. The lowest BCUT2D eigenvalue weighted by Crippen LogP contribution is -2.12. The lowest BCUT2D eigenvalue weighted by molar-refractivity contribution is -0.146. The Morgan fingerprint density at radius 1 is 1.38 bits per heavy atom. The van der Waals surface area contributed by atoms with Crippen LogP contribution in [-0.2, 0) is 9.53 Å². The van der Waals surface area contributed by atoms with Gasteiger partial charge in [-0.1, -0.05) is 41.8 Å². The molecule has 3 heteroatoms. The Kier molecular flexibility index (Phi) is 11.0. The van der Waals surface area contributed by atoms with Gasteiger partial charge in [-0.2, -0.15) is 0 Å². The molecule has 0 aromatic rings. The van der Waals surface area contributed by atoms with Crippen LogP contribution < -0.4 is 0 Å². The van der Waals surface area contributed by atoms with Gasteiger partial charge < -0.3 is 4.74 Å². The predicted octanol–water partition coefficient (Wildman–Crippen LogP) is 4.23. The van der Waals surface area contributed by atoms with Crippen molar-refractivity contribution in [2.75, 3.05) is 5.33 Å². The highest BCUT2D eigenvalue weighted by Crippen LogP contribution is 2.04. The smallest absolute Gasteiger partial charge is 0.306 e. The fourth-order valence-electron chi connectivity index (χ4n) is 1.28. The average molecular weight is 291 g/mol. The molecule has 0 amide bonds. The molecule has 0 aliphatic carbocycles. The molecule has 16 heavy (non-hydrogen) atoms. The van der Waals surface area contributed by atoms with Crippen molar-refractivity contribution in [1.29, 1.82) is 0 Å². The molecule has 0 rings (SSSR count). The minimum Gasteiger partial charge on any atom is -0.458 e. The van der Waals surface area contributed by atoms with Crippen LogP contribution in [0.3, 0.4) is 0 Å². The number of rotatable bonds is 9. The number of alkyl halides is 1. The summed E-state index contributed by atoms with van der Waals surface area (Å²) in [6.07, 6.45) is 9.89. The van der Waals surface area contributed by atoms with E-state index in [2.05, 4.69) is 28.9 Å². The third-order valence-corrected chi connectivity index (χ3v) is 2.77. The molecule has 0 aliphatic heterocycles. The number of unbranched alkanes of at least 4 members (excludes halogenated alkanes) is 3. The monoisotopic (exact) mass is 290 g/mol. The number of hydrogen-bond acceptors (Lipinski definition) is 2. The highest BCUT2D eigenvalue weighted by molar-refractivity contribution is 9.09. The summed E-state index contributed by atoms with van der Waals surface area (Å²) in [5, 5.41) is 0.951. The Bertz CT molecular complexity index is 202. The van der Waals surface area contributed by atoms with Crippen LogP contribution in [0, 0.1) is 0 Å². The summed E-state index contributed by atoms with van der Waals surface area (Å²) in [5.41, 5.74) is 0. The van der Waals surface area contributed by atoms with Crippen LogP contribution in [0.15, 0.2) is 12.2 Å². The predicted molar refractivity (Wildman–Crippen MR) is 71.9 cm³/mol. The molecule has 94 valence electrons. The fraction of sp³-hybridized carbons (Fsp3) is 0.769. The van der Waals surface area contributed by atoms with Crippen LogP contribution >= 0.6 is 15.9 Å². The summed E-state index contributed by atoms with van der Waals surface area (Å²) in [6.45, 7) is 4.08. The van der Waals surface area contributed by atoms with Crippen molar-refractivity contribution < 1.29 is 9.53 Å². The van der Waals surface area contributed by atoms with Crippen LogP contribution in [0.2, 0.25) is 0 Å². The SMILES string of the molecule is CCCC/C=C/C(C)OC(=O)CCCCBr. The van der Waals surface area contributed by atoms with Crippen molar-refractivity contribution >= 4 is 21.9 Å². The van der Waals surface area contributed by atoms with Crippen molar-refractivity contribution in [1.82, 2.24) is 0 Å². The van der Waals surface area contributed by atoms with Gasteiger partial charge in [-0.15, -0.1) is 0 Å². The van der Waals surface area contributed by atoms with Gasteiger partial charge in [0.25, 0.3) is 0 Å². The van der Waals surface area contributed by atoms with Crippen molar-refractivity contribution in [3.63, 3.8) is 0 Å². The minimum atomic E-state index is -0.0895. The second kappa shape index (κ2) is 11.2. The molecule has 0 fully saturated rings. The van der Waals surface area contributed by atoms with E-state index in [1.165, 1.54) is 12.8 Å². The number of esters is 1. The van der Waals surface area contributed by atoms with Crippen molar-refractivity contribution in [2.24, 2.45) is 0 Å². The van der Waals surface area contributed by atoms with Crippen molar-refractivity contribution in [3.8, 4) is 0 Å². The molecule has 0 aromatic carbocycles. The summed E-state index contributed by atoms with van der Waals surface area (Å²) < 4.78 is 5.24. The zero-order valence-electron chi connectivity index (χ0n) is 10.4. The first-order chi connectivity index (χ1) is 7.70. The van der Waals surface area contributed by atoms with Crippen molar-refractivity contribution in [2.45, 2.75) is 58.5 Å². The van der Waals surface area contributed by atoms with E-state index in [1.54, 1.807) is 0 Å². The number of carbonyl (C=O) groups is 1. The Hall–Kier alpha value is -0.310. The third-order valence-electron chi connectivity index (χ3n) is 2.21. The van der Waals surface area contributed by atoms with E-state index in [9.17, 15) is 4.79 Å². The van der Waals surface area contributed by atoms with E-state index in [0.717, 1.165) is 24.6 Å². The van der Waals surface area contributed by atoms with E-state index in [4.69, 9.17) is 4.74 Å². The minimum absolute atomic E-state index is 0.0893. The topological polar surface area (TPSA) is 26.3 Å². The van der Waals surface area contributed by atoms with Gasteiger partial charge in [-0.3, -0.25) is 4.79 Å².